The predicted octanol–water partition coefficient (Wildman–Crippen LogP) is 3.59. The standard InChI is InChI=1S/C18H40NO6P/c1-2-3-4-5-6-7-8-9-10-11-12-13-14-15-17(20)18(19,21)16-25-26(22,23)24/h17,20-21H,2-16,19H2,1H3,(H2,22,23,24)/t17-,18?/m1/s1. The Balaban J connectivity index is 3.50. The average Bonchev–Trinajstić information content (AvgIpc) is 2.56. The number of aliphatic hydroxyl groups is 2. The molecule has 2 atom stereocenters. The van der Waals surface area contributed by atoms with Crippen molar-refractivity contribution in [2.24, 2.45) is 5.73 Å². The van der Waals surface area contributed by atoms with Gasteiger partial charge in [-0.1, -0.05) is 90.4 Å². The summed E-state index contributed by atoms with van der Waals surface area (Å²) < 4.78 is 14.8. The van der Waals surface area contributed by atoms with Crippen LogP contribution in [0.5, 0.6) is 0 Å². The van der Waals surface area contributed by atoms with Crippen LogP contribution in [-0.2, 0) is 9.09 Å². The van der Waals surface area contributed by atoms with Gasteiger partial charge in [-0.2, -0.15) is 0 Å². The molecule has 0 aromatic carbocycles. The van der Waals surface area contributed by atoms with Gasteiger partial charge in [0.1, 0.15) is 6.61 Å². The first kappa shape index (κ1) is 26.0. The van der Waals surface area contributed by atoms with Crippen molar-refractivity contribution in [3.63, 3.8) is 0 Å². The lowest BCUT2D eigenvalue weighted by atomic mass is 10.0. The molecule has 1 unspecified atom stereocenters. The first-order chi connectivity index (χ1) is 12.2. The van der Waals surface area contributed by atoms with E-state index in [1.54, 1.807) is 0 Å². The van der Waals surface area contributed by atoms with Crippen LogP contribution in [-0.4, -0.2) is 38.4 Å². The van der Waals surface area contributed by atoms with E-state index < -0.39 is 26.3 Å². The van der Waals surface area contributed by atoms with Crippen LogP contribution in [0.2, 0.25) is 0 Å². The van der Waals surface area contributed by atoms with Gasteiger partial charge in [0.15, 0.2) is 5.72 Å². The molecule has 6 N–H and O–H groups in total. The molecule has 0 radical (unpaired) electrons. The maximum atomic E-state index is 10.6. The van der Waals surface area contributed by atoms with Crippen LogP contribution in [0.3, 0.4) is 0 Å². The fourth-order valence-corrected chi connectivity index (χ4v) is 3.26. The van der Waals surface area contributed by atoms with Crippen molar-refractivity contribution in [1.29, 1.82) is 0 Å². The quantitative estimate of drug-likeness (QED) is 0.136. The number of nitrogens with two attached hydrogens (primary N) is 1. The Hall–Kier alpha value is -0.0100. The van der Waals surface area contributed by atoms with Crippen molar-refractivity contribution in [3.05, 3.63) is 0 Å². The van der Waals surface area contributed by atoms with E-state index in [9.17, 15) is 14.8 Å². The molecular formula is C18H40NO6P. The van der Waals surface area contributed by atoms with Crippen LogP contribution in [0.15, 0.2) is 0 Å². The zero-order chi connectivity index (χ0) is 19.9. The Kier molecular flexibility index (Phi) is 15.0. The average molecular weight is 397 g/mol. The highest BCUT2D eigenvalue weighted by atomic mass is 31.2. The van der Waals surface area contributed by atoms with Crippen molar-refractivity contribution in [2.75, 3.05) is 6.61 Å². The molecule has 0 saturated carbocycles. The van der Waals surface area contributed by atoms with Gasteiger partial charge in [0.2, 0.25) is 0 Å². The third-order valence-electron chi connectivity index (χ3n) is 4.62. The number of rotatable bonds is 18. The number of phosphoric acid groups is 1. The highest BCUT2D eigenvalue weighted by Crippen LogP contribution is 2.36. The summed E-state index contributed by atoms with van der Waals surface area (Å²) in [6.07, 6.45) is 14.8. The lowest BCUT2D eigenvalue weighted by Crippen LogP contribution is -2.54. The molecule has 0 spiro atoms. The van der Waals surface area contributed by atoms with E-state index in [0.29, 0.717) is 6.42 Å². The Morgan fingerprint density at radius 2 is 1.27 bits per heavy atom. The van der Waals surface area contributed by atoms with E-state index in [1.807, 2.05) is 0 Å². The summed E-state index contributed by atoms with van der Waals surface area (Å²) in [4.78, 5) is 17.2. The SMILES string of the molecule is CCCCCCCCCCCCCCC[C@@H](O)C(N)(O)COP(=O)(O)O. The second kappa shape index (κ2) is 15.0. The van der Waals surface area contributed by atoms with Gasteiger partial charge < -0.3 is 20.0 Å². The maximum absolute atomic E-state index is 10.6. The Morgan fingerprint density at radius 1 is 0.885 bits per heavy atom. The summed E-state index contributed by atoms with van der Waals surface area (Å²) in [6, 6.07) is 0. The molecule has 26 heavy (non-hydrogen) atoms. The van der Waals surface area contributed by atoms with E-state index in [4.69, 9.17) is 15.5 Å². The van der Waals surface area contributed by atoms with Crippen LogP contribution in [0, 0.1) is 0 Å². The molecular weight excluding hydrogens is 357 g/mol. The minimum atomic E-state index is -4.71. The maximum Gasteiger partial charge on any atom is 0.469 e. The second-order valence-corrected chi connectivity index (χ2v) is 8.54. The summed E-state index contributed by atoms with van der Waals surface area (Å²) in [6.45, 7) is 1.43. The molecule has 0 fully saturated rings. The van der Waals surface area contributed by atoms with E-state index in [1.165, 1.54) is 64.2 Å². The van der Waals surface area contributed by atoms with Gasteiger partial charge in [0.05, 0.1) is 6.10 Å². The minimum Gasteiger partial charge on any atom is -0.389 e. The minimum absolute atomic E-state index is 0.273. The smallest absolute Gasteiger partial charge is 0.389 e. The summed E-state index contributed by atoms with van der Waals surface area (Å²) >= 11 is 0. The van der Waals surface area contributed by atoms with Crippen LogP contribution < -0.4 is 5.73 Å². The van der Waals surface area contributed by atoms with Gasteiger partial charge in [-0.15, -0.1) is 0 Å². The van der Waals surface area contributed by atoms with Crippen LogP contribution in [0.25, 0.3) is 0 Å². The van der Waals surface area contributed by atoms with Gasteiger partial charge in [-0.3, -0.25) is 10.3 Å². The van der Waals surface area contributed by atoms with Crippen molar-refractivity contribution in [1.82, 2.24) is 0 Å². The number of aliphatic hydroxyl groups excluding tert-OH is 1. The first-order valence-electron chi connectivity index (χ1n) is 10.1. The third kappa shape index (κ3) is 16.2. The zero-order valence-electron chi connectivity index (χ0n) is 16.3. The molecule has 0 aliphatic heterocycles. The van der Waals surface area contributed by atoms with E-state index in [-0.39, 0.29) is 6.42 Å². The van der Waals surface area contributed by atoms with Gasteiger partial charge in [0, 0.05) is 0 Å². The molecule has 0 saturated heterocycles. The second-order valence-electron chi connectivity index (χ2n) is 7.30. The Labute approximate surface area is 158 Å². The molecule has 8 heteroatoms. The van der Waals surface area contributed by atoms with Gasteiger partial charge in [0.25, 0.3) is 0 Å². The highest BCUT2D eigenvalue weighted by Gasteiger charge is 2.33. The van der Waals surface area contributed by atoms with Gasteiger partial charge >= 0.3 is 7.82 Å². The number of unbranched alkanes of at least 4 members (excludes halogenated alkanes) is 12. The summed E-state index contributed by atoms with van der Waals surface area (Å²) in [5.41, 5.74) is 3.30. The number of hydrogen-bond donors (Lipinski definition) is 5. The molecule has 0 aromatic rings. The molecule has 7 nitrogen and oxygen atoms in total. The molecule has 0 aromatic heterocycles. The predicted molar refractivity (Wildman–Crippen MR) is 103 cm³/mol. The third-order valence-corrected chi connectivity index (χ3v) is 5.09. The molecule has 0 bridgehead atoms. The molecule has 0 aliphatic rings. The fraction of sp³-hybridized carbons (Fsp3) is 1.00. The molecule has 0 aliphatic carbocycles. The molecule has 0 rings (SSSR count). The normalized spacial score (nSPS) is 15.8. The van der Waals surface area contributed by atoms with Crippen molar-refractivity contribution in [2.45, 2.75) is 109 Å². The first-order valence-corrected chi connectivity index (χ1v) is 11.6. The van der Waals surface area contributed by atoms with E-state index in [0.717, 1.165) is 12.8 Å². The van der Waals surface area contributed by atoms with Crippen LogP contribution in [0.1, 0.15) is 96.8 Å². The Morgan fingerprint density at radius 3 is 1.65 bits per heavy atom. The number of hydrogen-bond acceptors (Lipinski definition) is 5. The van der Waals surface area contributed by atoms with E-state index >= 15 is 0 Å². The monoisotopic (exact) mass is 397 g/mol. The van der Waals surface area contributed by atoms with Crippen LogP contribution in [0.4, 0.5) is 0 Å². The van der Waals surface area contributed by atoms with Crippen molar-refractivity contribution >= 4 is 7.82 Å². The highest BCUT2D eigenvalue weighted by molar-refractivity contribution is 7.46. The van der Waals surface area contributed by atoms with Gasteiger partial charge in [-0.25, -0.2) is 4.57 Å². The molecule has 0 amide bonds. The summed E-state index contributed by atoms with van der Waals surface area (Å²) in [5, 5.41) is 19.6. The zero-order valence-corrected chi connectivity index (χ0v) is 17.2. The lowest BCUT2D eigenvalue weighted by molar-refractivity contribution is -0.102. The largest absolute Gasteiger partial charge is 0.469 e. The van der Waals surface area contributed by atoms with E-state index in [2.05, 4.69) is 11.4 Å². The lowest BCUT2D eigenvalue weighted by Gasteiger charge is -2.28. The molecule has 0 heterocycles. The van der Waals surface area contributed by atoms with Gasteiger partial charge in [-0.05, 0) is 6.42 Å². The van der Waals surface area contributed by atoms with Crippen molar-refractivity contribution < 1.29 is 29.1 Å². The number of phosphoric ester groups is 1. The topological polar surface area (TPSA) is 133 Å². The summed E-state index contributed by atoms with van der Waals surface area (Å²) in [5.74, 6) is 0. The Bertz CT molecular complexity index is 375. The van der Waals surface area contributed by atoms with Crippen molar-refractivity contribution in [3.8, 4) is 0 Å². The van der Waals surface area contributed by atoms with Crippen LogP contribution >= 0.6 is 7.82 Å². The fourth-order valence-electron chi connectivity index (χ4n) is 2.89. The molecule has 158 valence electrons. The summed E-state index contributed by atoms with van der Waals surface area (Å²) in [7, 11) is -4.71.